The third kappa shape index (κ3) is 3.14. The molecular formula is C12H18N4S. The molecule has 0 aliphatic carbocycles. The van der Waals surface area contributed by atoms with Crippen LogP contribution in [-0.4, -0.2) is 21.3 Å². The maximum atomic E-state index is 4.51. The summed E-state index contributed by atoms with van der Waals surface area (Å²) in [4.78, 5) is 4.45. The van der Waals surface area contributed by atoms with Crippen molar-refractivity contribution in [3.05, 3.63) is 33.5 Å². The van der Waals surface area contributed by atoms with Gasteiger partial charge < -0.3 is 5.32 Å². The fraction of sp³-hybridized carbons (Fsp3) is 0.500. The molecular weight excluding hydrogens is 232 g/mol. The van der Waals surface area contributed by atoms with Crippen molar-refractivity contribution < 1.29 is 0 Å². The van der Waals surface area contributed by atoms with E-state index in [4.69, 9.17) is 0 Å². The van der Waals surface area contributed by atoms with E-state index in [-0.39, 0.29) is 0 Å². The van der Waals surface area contributed by atoms with Crippen molar-refractivity contribution in [1.82, 2.24) is 20.1 Å². The Morgan fingerprint density at radius 3 is 2.88 bits per heavy atom. The third-order valence-corrected chi connectivity index (χ3v) is 3.43. The minimum absolute atomic E-state index is 0.761. The van der Waals surface area contributed by atoms with Crippen molar-refractivity contribution in [2.45, 2.75) is 33.9 Å². The van der Waals surface area contributed by atoms with Crippen LogP contribution in [0.2, 0.25) is 0 Å². The van der Waals surface area contributed by atoms with Gasteiger partial charge in [-0.1, -0.05) is 6.92 Å². The topological polar surface area (TPSA) is 42.7 Å². The largest absolute Gasteiger partial charge is 0.313 e. The zero-order valence-corrected chi connectivity index (χ0v) is 11.3. The molecule has 0 atom stereocenters. The van der Waals surface area contributed by atoms with Gasteiger partial charge in [0.15, 0.2) is 0 Å². The molecule has 0 aromatic carbocycles. The zero-order chi connectivity index (χ0) is 12.3. The Labute approximate surface area is 106 Å². The van der Waals surface area contributed by atoms with Crippen LogP contribution >= 0.6 is 11.3 Å². The summed E-state index contributed by atoms with van der Waals surface area (Å²) in [6.45, 7) is 8.82. The molecule has 0 saturated carbocycles. The minimum atomic E-state index is 0.761. The van der Waals surface area contributed by atoms with Crippen LogP contribution in [0.1, 0.15) is 28.9 Å². The van der Waals surface area contributed by atoms with Gasteiger partial charge in [-0.25, -0.2) is 4.98 Å². The number of aromatic nitrogens is 3. The Bertz CT molecular complexity index is 486. The van der Waals surface area contributed by atoms with Crippen LogP contribution in [0.5, 0.6) is 0 Å². The van der Waals surface area contributed by atoms with E-state index in [1.54, 1.807) is 11.3 Å². The van der Waals surface area contributed by atoms with Gasteiger partial charge >= 0.3 is 0 Å². The highest BCUT2D eigenvalue weighted by molar-refractivity contribution is 7.09. The van der Waals surface area contributed by atoms with Crippen LogP contribution in [-0.2, 0) is 13.1 Å². The van der Waals surface area contributed by atoms with Gasteiger partial charge in [-0.2, -0.15) is 5.10 Å². The zero-order valence-electron chi connectivity index (χ0n) is 10.5. The number of aryl methyl sites for hydroxylation is 2. The molecule has 4 nitrogen and oxygen atoms in total. The van der Waals surface area contributed by atoms with E-state index in [9.17, 15) is 0 Å². The first-order valence-electron chi connectivity index (χ1n) is 5.83. The van der Waals surface area contributed by atoms with E-state index in [1.165, 1.54) is 5.56 Å². The first kappa shape index (κ1) is 12.3. The molecule has 92 valence electrons. The van der Waals surface area contributed by atoms with Crippen LogP contribution in [0.4, 0.5) is 0 Å². The van der Waals surface area contributed by atoms with Crippen molar-refractivity contribution in [2.75, 3.05) is 6.54 Å². The molecule has 0 saturated heterocycles. The van der Waals surface area contributed by atoms with Crippen molar-refractivity contribution in [1.29, 1.82) is 0 Å². The van der Waals surface area contributed by atoms with Gasteiger partial charge in [0.05, 0.1) is 22.9 Å². The maximum absolute atomic E-state index is 4.51. The van der Waals surface area contributed by atoms with E-state index in [2.05, 4.69) is 40.8 Å². The van der Waals surface area contributed by atoms with Crippen LogP contribution in [0.15, 0.2) is 11.6 Å². The molecule has 0 spiro atoms. The average Bonchev–Trinajstić information content (AvgIpc) is 2.83. The first-order chi connectivity index (χ1) is 8.19. The standard InChI is InChI=1S/C12H18N4S/c1-4-13-5-11-6-16(15-9(11)2)7-12-8-17-10(3)14-12/h6,8,13H,4-5,7H2,1-3H3. The smallest absolute Gasteiger partial charge is 0.0898 e. The molecule has 1 N–H and O–H groups in total. The van der Waals surface area contributed by atoms with Gasteiger partial charge in [0, 0.05) is 23.7 Å². The lowest BCUT2D eigenvalue weighted by Gasteiger charge is -1.98. The highest BCUT2D eigenvalue weighted by Gasteiger charge is 2.06. The van der Waals surface area contributed by atoms with Crippen molar-refractivity contribution >= 4 is 11.3 Å². The van der Waals surface area contributed by atoms with Gasteiger partial charge in [-0.3, -0.25) is 4.68 Å². The Morgan fingerprint density at radius 2 is 2.24 bits per heavy atom. The predicted octanol–water partition coefficient (Wildman–Crippen LogP) is 2.11. The highest BCUT2D eigenvalue weighted by atomic mass is 32.1. The normalized spacial score (nSPS) is 11.0. The van der Waals surface area contributed by atoms with Crippen molar-refractivity contribution in [3.8, 4) is 0 Å². The number of nitrogens with one attached hydrogen (secondary N) is 1. The molecule has 2 aromatic rings. The lowest BCUT2D eigenvalue weighted by atomic mass is 10.2. The Morgan fingerprint density at radius 1 is 1.41 bits per heavy atom. The molecule has 2 rings (SSSR count). The van der Waals surface area contributed by atoms with Crippen LogP contribution in [0, 0.1) is 13.8 Å². The summed E-state index contributed by atoms with van der Waals surface area (Å²) < 4.78 is 1.97. The van der Waals surface area contributed by atoms with Crippen molar-refractivity contribution in [2.24, 2.45) is 0 Å². The van der Waals surface area contributed by atoms with Crippen LogP contribution in [0.25, 0.3) is 0 Å². The molecule has 0 aliphatic heterocycles. The molecule has 5 heteroatoms. The van der Waals surface area contributed by atoms with E-state index in [0.29, 0.717) is 0 Å². The fourth-order valence-corrected chi connectivity index (χ4v) is 2.32. The van der Waals surface area contributed by atoms with Crippen molar-refractivity contribution in [3.63, 3.8) is 0 Å². The summed E-state index contributed by atoms with van der Waals surface area (Å²) >= 11 is 1.68. The Balaban J connectivity index is 2.06. The van der Waals surface area contributed by atoms with Crippen LogP contribution in [0.3, 0.4) is 0 Å². The summed E-state index contributed by atoms with van der Waals surface area (Å²) in [6, 6.07) is 0. The monoisotopic (exact) mass is 250 g/mol. The molecule has 2 heterocycles. The lowest BCUT2D eigenvalue weighted by molar-refractivity contribution is 0.667. The molecule has 0 amide bonds. The number of nitrogens with zero attached hydrogens (tertiary/aromatic N) is 3. The van der Waals surface area contributed by atoms with E-state index in [1.807, 2.05) is 11.6 Å². The summed E-state index contributed by atoms with van der Waals surface area (Å²) in [6.07, 6.45) is 2.10. The number of thiazole rings is 1. The molecule has 0 aliphatic rings. The fourth-order valence-electron chi connectivity index (χ4n) is 1.72. The molecule has 17 heavy (non-hydrogen) atoms. The molecule has 2 aromatic heterocycles. The lowest BCUT2D eigenvalue weighted by Crippen LogP contribution is -2.11. The van der Waals surface area contributed by atoms with Crippen LogP contribution < -0.4 is 5.32 Å². The Kier molecular flexibility index (Phi) is 3.91. The maximum Gasteiger partial charge on any atom is 0.0898 e. The number of rotatable bonds is 5. The second-order valence-electron chi connectivity index (χ2n) is 4.08. The molecule has 0 radical (unpaired) electrons. The van der Waals surface area contributed by atoms with Gasteiger partial charge in [0.2, 0.25) is 0 Å². The highest BCUT2D eigenvalue weighted by Crippen LogP contribution is 2.11. The summed E-state index contributed by atoms with van der Waals surface area (Å²) in [5.74, 6) is 0. The second kappa shape index (κ2) is 5.42. The first-order valence-corrected chi connectivity index (χ1v) is 6.71. The predicted molar refractivity (Wildman–Crippen MR) is 70.3 cm³/mol. The Hall–Kier alpha value is -1.20. The third-order valence-electron chi connectivity index (χ3n) is 2.60. The summed E-state index contributed by atoms with van der Waals surface area (Å²) in [7, 11) is 0. The number of hydrogen-bond donors (Lipinski definition) is 1. The summed E-state index contributed by atoms with van der Waals surface area (Å²) in [5.41, 5.74) is 3.45. The van der Waals surface area contributed by atoms with E-state index >= 15 is 0 Å². The molecule has 0 bridgehead atoms. The van der Waals surface area contributed by atoms with Gasteiger partial charge in [-0.05, 0) is 20.4 Å². The van der Waals surface area contributed by atoms with Gasteiger partial charge in [0.25, 0.3) is 0 Å². The van der Waals surface area contributed by atoms with E-state index in [0.717, 1.165) is 36.0 Å². The van der Waals surface area contributed by atoms with Gasteiger partial charge in [0.1, 0.15) is 0 Å². The second-order valence-corrected chi connectivity index (χ2v) is 5.14. The molecule has 0 fully saturated rings. The quantitative estimate of drug-likeness (QED) is 0.884. The minimum Gasteiger partial charge on any atom is -0.313 e. The summed E-state index contributed by atoms with van der Waals surface area (Å²) in [5, 5.41) is 11.0. The van der Waals surface area contributed by atoms with E-state index < -0.39 is 0 Å². The molecule has 0 unspecified atom stereocenters. The van der Waals surface area contributed by atoms with Gasteiger partial charge in [-0.15, -0.1) is 11.3 Å². The number of hydrogen-bond acceptors (Lipinski definition) is 4. The SMILES string of the molecule is CCNCc1cn(Cc2csc(C)n2)nc1C. The average molecular weight is 250 g/mol.